The third-order valence-corrected chi connectivity index (χ3v) is 5.73. The molecule has 0 bridgehead atoms. The molecular formula is C26H29ClN2O. The average molecular weight is 421 g/mol. The SMILES string of the molecule is Cl.O=C(CCc1ccccc1)N1CCN(C(c2ccccc2)c2ccccc2)CC1. The van der Waals surface area contributed by atoms with E-state index in [1.807, 2.05) is 23.1 Å². The number of nitrogens with zero attached hydrogens (tertiary/aromatic N) is 2. The first-order valence-electron chi connectivity index (χ1n) is 10.5. The Morgan fingerprint density at radius 3 is 1.67 bits per heavy atom. The van der Waals surface area contributed by atoms with Crippen LogP contribution in [0.3, 0.4) is 0 Å². The van der Waals surface area contributed by atoms with E-state index in [1.54, 1.807) is 0 Å². The average Bonchev–Trinajstić information content (AvgIpc) is 2.80. The van der Waals surface area contributed by atoms with Crippen LogP contribution in [0.5, 0.6) is 0 Å². The van der Waals surface area contributed by atoms with E-state index in [2.05, 4.69) is 77.7 Å². The van der Waals surface area contributed by atoms with E-state index in [-0.39, 0.29) is 24.4 Å². The summed E-state index contributed by atoms with van der Waals surface area (Å²) in [5.74, 6) is 0.268. The molecule has 4 rings (SSSR count). The van der Waals surface area contributed by atoms with Crippen molar-refractivity contribution in [3.63, 3.8) is 0 Å². The van der Waals surface area contributed by atoms with Gasteiger partial charge in [0.25, 0.3) is 0 Å². The predicted octanol–water partition coefficient (Wildman–Crippen LogP) is 4.97. The first-order chi connectivity index (χ1) is 14.3. The molecule has 156 valence electrons. The standard InChI is InChI=1S/C26H28N2O.ClH/c29-25(17-16-22-10-4-1-5-11-22)27-18-20-28(21-19-27)26(23-12-6-2-7-13-23)24-14-8-3-9-15-24;/h1-15,26H,16-21H2;1H. The highest BCUT2D eigenvalue weighted by Gasteiger charge is 2.27. The van der Waals surface area contributed by atoms with E-state index in [4.69, 9.17) is 0 Å². The molecule has 0 aromatic heterocycles. The van der Waals surface area contributed by atoms with Crippen LogP contribution in [0.4, 0.5) is 0 Å². The fourth-order valence-electron chi connectivity index (χ4n) is 4.17. The highest BCUT2D eigenvalue weighted by molar-refractivity contribution is 5.85. The van der Waals surface area contributed by atoms with Gasteiger partial charge in [-0.15, -0.1) is 12.4 Å². The second-order valence-corrected chi connectivity index (χ2v) is 7.63. The minimum absolute atomic E-state index is 0. The summed E-state index contributed by atoms with van der Waals surface area (Å²) in [6.45, 7) is 3.38. The number of piperazine rings is 1. The van der Waals surface area contributed by atoms with E-state index in [0.717, 1.165) is 32.6 Å². The Morgan fingerprint density at radius 1 is 0.700 bits per heavy atom. The van der Waals surface area contributed by atoms with Gasteiger partial charge in [-0.05, 0) is 23.1 Å². The van der Waals surface area contributed by atoms with Gasteiger partial charge in [0.1, 0.15) is 0 Å². The van der Waals surface area contributed by atoms with Crippen molar-refractivity contribution in [2.45, 2.75) is 18.9 Å². The smallest absolute Gasteiger partial charge is 0.222 e. The Hall–Kier alpha value is -2.62. The molecule has 1 saturated heterocycles. The van der Waals surface area contributed by atoms with Crippen molar-refractivity contribution in [1.82, 2.24) is 9.80 Å². The van der Waals surface area contributed by atoms with Crippen LogP contribution in [0.2, 0.25) is 0 Å². The number of carbonyl (C=O) groups is 1. The Balaban J connectivity index is 0.00000256. The van der Waals surface area contributed by atoms with Gasteiger partial charge in [0.2, 0.25) is 5.91 Å². The van der Waals surface area contributed by atoms with E-state index < -0.39 is 0 Å². The highest BCUT2D eigenvalue weighted by Crippen LogP contribution is 2.29. The molecule has 3 aromatic rings. The minimum Gasteiger partial charge on any atom is -0.340 e. The number of halogens is 1. The molecule has 1 fully saturated rings. The maximum absolute atomic E-state index is 12.7. The summed E-state index contributed by atoms with van der Waals surface area (Å²) in [6, 6.07) is 31.9. The Morgan fingerprint density at radius 2 is 1.17 bits per heavy atom. The number of carbonyl (C=O) groups excluding carboxylic acids is 1. The molecule has 0 N–H and O–H groups in total. The number of hydrogen-bond donors (Lipinski definition) is 0. The number of benzene rings is 3. The van der Waals surface area contributed by atoms with Crippen molar-refractivity contribution in [3.05, 3.63) is 108 Å². The molecule has 3 aromatic carbocycles. The van der Waals surface area contributed by atoms with Crippen LogP contribution in [-0.4, -0.2) is 41.9 Å². The fraction of sp³-hybridized carbons (Fsp3) is 0.269. The van der Waals surface area contributed by atoms with Gasteiger partial charge in [-0.25, -0.2) is 0 Å². The largest absolute Gasteiger partial charge is 0.340 e. The summed E-state index contributed by atoms with van der Waals surface area (Å²) < 4.78 is 0. The number of hydrogen-bond acceptors (Lipinski definition) is 2. The maximum Gasteiger partial charge on any atom is 0.222 e. The zero-order valence-electron chi connectivity index (χ0n) is 17.2. The molecule has 0 unspecified atom stereocenters. The van der Waals surface area contributed by atoms with Crippen molar-refractivity contribution in [2.24, 2.45) is 0 Å². The van der Waals surface area contributed by atoms with E-state index in [9.17, 15) is 4.79 Å². The summed E-state index contributed by atoms with van der Waals surface area (Å²) in [5.41, 5.74) is 3.85. The Kier molecular flexibility index (Phi) is 8.06. The van der Waals surface area contributed by atoms with Crippen LogP contribution in [0.25, 0.3) is 0 Å². The summed E-state index contributed by atoms with van der Waals surface area (Å²) in [4.78, 5) is 17.2. The first-order valence-corrected chi connectivity index (χ1v) is 10.5. The van der Waals surface area contributed by atoms with Gasteiger partial charge in [0, 0.05) is 32.6 Å². The van der Waals surface area contributed by atoms with E-state index in [0.29, 0.717) is 6.42 Å². The van der Waals surface area contributed by atoms with Gasteiger partial charge < -0.3 is 4.90 Å². The molecule has 4 heteroatoms. The zero-order chi connectivity index (χ0) is 19.9. The molecule has 1 heterocycles. The highest BCUT2D eigenvalue weighted by atomic mass is 35.5. The van der Waals surface area contributed by atoms with Crippen LogP contribution < -0.4 is 0 Å². The number of aryl methyl sites for hydroxylation is 1. The third-order valence-electron chi connectivity index (χ3n) is 5.73. The number of rotatable bonds is 6. The predicted molar refractivity (Wildman–Crippen MR) is 125 cm³/mol. The van der Waals surface area contributed by atoms with Gasteiger partial charge in [-0.1, -0.05) is 91.0 Å². The molecule has 0 atom stereocenters. The summed E-state index contributed by atoms with van der Waals surface area (Å²) in [6.07, 6.45) is 1.40. The van der Waals surface area contributed by atoms with Crippen LogP contribution in [0.1, 0.15) is 29.2 Å². The van der Waals surface area contributed by atoms with Gasteiger partial charge in [0.15, 0.2) is 0 Å². The lowest BCUT2D eigenvalue weighted by atomic mass is 9.96. The summed E-state index contributed by atoms with van der Waals surface area (Å²) >= 11 is 0. The normalized spacial score (nSPS) is 14.4. The summed E-state index contributed by atoms with van der Waals surface area (Å²) in [5, 5.41) is 0. The van der Waals surface area contributed by atoms with Gasteiger partial charge >= 0.3 is 0 Å². The van der Waals surface area contributed by atoms with Gasteiger partial charge in [0.05, 0.1) is 6.04 Å². The Bertz CT molecular complexity index is 855. The Labute approximate surface area is 185 Å². The fourth-order valence-corrected chi connectivity index (χ4v) is 4.17. The molecule has 0 radical (unpaired) electrons. The second-order valence-electron chi connectivity index (χ2n) is 7.63. The van der Waals surface area contributed by atoms with Crippen molar-refractivity contribution >= 4 is 18.3 Å². The quantitative estimate of drug-likeness (QED) is 0.561. The van der Waals surface area contributed by atoms with Crippen LogP contribution in [0.15, 0.2) is 91.0 Å². The zero-order valence-corrected chi connectivity index (χ0v) is 18.0. The summed E-state index contributed by atoms with van der Waals surface area (Å²) in [7, 11) is 0. The molecule has 1 amide bonds. The molecule has 1 aliphatic rings. The molecular weight excluding hydrogens is 392 g/mol. The topological polar surface area (TPSA) is 23.6 Å². The van der Waals surface area contributed by atoms with Crippen molar-refractivity contribution < 1.29 is 4.79 Å². The van der Waals surface area contributed by atoms with Crippen molar-refractivity contribution in [3.8, 4) is 0 Å². The monoisotopic (exact) mass is 420 g/mol. The molecule has 0 spiro atoms. The van der Waals surface area contributed by atoms with Gasteiger partial charge in [-0.3, -0.25) is 9.69 Å². The van der Waals surface area contributed by atoms with Gasteiger partial charge in [-0.2, -0.15) is 0 Å². The molecule has 3 nitrogen and oxygen atoms in total. The lowest BCUT2D eigenvalue weighted by molar-refractivity contribution is -0.133. The first kappa shape index (κ1) is 22.1. The number of amides is 1. The van der Waals surface area contributed by atoms with E-state index in [1.165, 1.54) is 16.7 Å². The van der Waals surface area contributed by atoms with Crippen LogP contribution >= 0.6 is 12.4 Å². The molecule has 30 heavy (non-hydrogen) atoms. The maximum atomic E-state index is 12.7. The van der Waals surface area contributed by atoms with E-state index >= 15 is 0 Å². The minimum atomic E-state index is 0. The molecule has 0 aliphatic carbocycles. The second kappa shape index (κ2) is 11.0. The van der Waals surface area contributed by atoms with Crippen LogP contribution in [-0.2, 0) is 11.2 Å². The van der Waals surface area contributed by atoms with Crippen molar-refractivity contribution in [2.75, 3.05) is 26.2 Å². The third kappa shape index (κ3) is 5.50. The molecule has 1 aliphatic heterocycles. The lowest BCUT2D eigenvalue weighted by Crippen LogP contribution is -2.49. The lowest BCUT2D eigenvalue weighted by Gasteiger charge is -2.40. The van der Waals surface area contributed by atoms with Crippen LogP contribution in [0, 0.1) is 0 Å². The van der Waals surface area contributed by atoms with Crippen molar-refractivity contribution in [1.29, 1.82) is 0 Å². The molecule has 0 saturated carbocycles.